The number of hydrogen-bond donors (Lipinski definition) is 1. The molecule has 0 aromatic heterocycles. The molecule has 3 rings (SSSR count). The molecule has 3 fully saturated rings. The lowest BCUT2D eigenvalue weighted by Gasteiger charge is -2.36. The Balaban J connectivity index is 1.56. The predicted octanol–water partition coefficient (Wildman–Crippen LogP) is 1.27. The van der Waals surface area contributed by atoms with Gasteiger partial charge in [0.1, 0.15) is 5.78 Å². The molecule has 3 atom stereocenters. The maximum atomic E-state index is 12.3. The summed E-state index contributed by atoms with van der Waals surface area (Å²) in [6.07, 6.45) is 5.61. The topological polar surface area (TPSA) is 61.6 Å². The van der Waals surface area contributed by atoms with E-state index in [-0.39, 0.29) is 17.6 Å². The fourth-order valence-electron chi connectivity index (χ4n) is 3.26. The minimum atomic E-state index is -0.164. The number of Topliss-reactive ketones (excluding diaryl/α,β-unsaturated/α-hetero) is 1. The van der Waals surface area contributed by atoms with Crippen molar-refractivity contribution < 1.29 is 14.3 Å². The minimum absolute atomic E-state index is 0.0936. The van der Waals surface area contributed by atoms with Gasteiger partial charge in [0.2, 0.25) is 0 Å². The monoisotopic (exact) mass is 253 g/mol. The molecule has 0 radical (unpaired) electrons. The number of ether oxygens (including phenoxy) is 2. The van der Waals surface area contributed by atoms with Gasteiger partial charge in [-0.1, -0.05) is 0 Å². The number of nitrogens with two attached hydrogens (primary N) is 1. The Morgan fingerprint density at radius 3 is 2.83 bits per heavy atom. The van der Waals surface area contributed by atoms with Crippen LogP contribution in [0.5, 0.6) is 0 Å². The van der Waals surface area contributed by atoms with Crippen LogP contribution in [0, 0.1) is 11.8 Å². The van der Waals surface area contributed by atoms with Crippen molar-refractivity contribution in [1.29, 1.82) is 0 Å². The molecule has 2 heterocycles. The summed E-state index contributed by atoms with van der Waals surface area (Å²) in [5.74, 6) is 1.10. The summed E-state index contributed by atoms with van der Waals surface area (Å²) in [5.41, 5.74) is 5.89. The number of carbonyl (C=O) groups excluding carboxylic acids is 1. The summed E-state index contributed by atoms with van der Waals surface area (Å²) in [5, 5.41) is 0. The van der Waals surface area contributed by atoms with Crippen LogP contribution in [0.4, 0.5) is 0 Å². The first-order valence-corrected chi connectivity index (χ1v) is 7.19. The Bertz CT molecular complexity index is 321. The van der Waals surface area contributed by atoms with Crippen LogP contribution in [0.2, 0.25) is 0 Å². The highest BCUT2D eigenvalue weighted by molar-refractivity contribution is 5.81. The molecule has 4 heteroatoms. The van der Waals surface area contributed by atoms with E-state index < -0.39 is 0 Å². The van der Waals surface area contributed by atoms with E-state index in [1.165, 1.54) is 12.8 Å². The van der Waals surface area contributed by atoms with Crippen molar-refractivity contribution in [2.45, 2.75) is 50.2 Å². The molecule has 1 saturated carbocycles. The largest absolute Gasteiger partial charge is 0.378 e. The van der Waals surface area contributed by atoms with Gasteiger partial charge in [-0.05, 0) is 31.6 Å². The molecule has 18 heavy (non-hydrogen) atoms. The molecule has 102 valence electrons. The summed E-state index contributed by atoms with van der Waals surface area (Å²) in [6, 6.07) is 0.0936. The average molecular weight is 253 g/mol. The van der Waals surface area contributed by atoms with E-state index in [0.29, 0.717) is 31.3 Å². The van der Waals surface area contributed by atoms with Gasteiger partial charge >= 0.3 is 0 Å². The van der Waals surface area contributed by atoms with Crippen molar-refractivity contribution in [2.24, 2.45) is 17.6 Å². The van der Waals surface area contributed by atoms with E-state index in [1.807, 2.05) is 0 Å². The van der Waals surface area contributed by atoms with Crippen LogP contribution in [0.3, 0.4) is 0 Å². The molecule has 3 unspecified atom stereocenters. The predicted molar refractivity (Wildman–Crippen MR) is 67.2 cm³/mol. The van der Waals surface area contributed by atoms with Gasteiger partial charge in [-0.25, -0.2) is 0 Å². The zero-order valence-corrected chi connectivity index (χ0v) is 10.9. The highest BCUT2D eigenvalue weighted by atomic mass is 16.6. The molecule has 0 bridgehead atoms. The Hall–Kier alpha value is -0.450. The molecule has 2 N–H and O–H groups in total. The summed E-state index contributed by atoms with van der Waals surface area (Å²) in [6.45, 7) is 2.12. The van der Waals surface area contributed by atoms with E-state index in [2.05, 4.69) is 0 Å². The molecule has 0 aromatic rings. The average Bonchev–Trinajstić information content (AvgIpc) is 3.13. The van der Waals surface area contributed by atoms with Crippen LogP contribution in [0.1, 0.15) is 38.5 Å². The third kappa shape index (κ3) is 2.60. The number of carbonyl (C=O) groups is 1. The van der Waals surface area contributed by atoms with Crippen molar-refractivity contribution >= 4 is 5.78 Å². The molecule has 2 saturated heterocycles. The van der Waals surface area contributed by atoms with Crippen molar-refractivity contribution in [3.05, 3.63) is 0 Å². The van der Waals surface area contributed by atoms with E-state index in [4.69, 9.17) is 15.2 Å². The lowest BCUT2D eigenvalue weighted by molar-refractivity contribution is -0.137. The number of rotatable bonds is 4. The van der Waals surface area contributed by atoms with E-state index in [9.17, 15) is 4.79 Å². The Morgan fingerprint density at radius 2 is 2.17 bits per heavy atom. The molecule has 1 spiro atoms. The van der Waals surface area contributed by atoms with Crippen LogP contribution >= 0.6 is 0 Å². The van der Waals surface area contributed by atoms with Crippen LogP contribution < -0.4 is 5.73 Å². The number of hydrogen-bond acceptors (Lipinski definition) is 4. The lowest BCUT2D eigenvalue weighted by atomic mass is 9.81. The Kier molecular flexibility index (Phi) is 3.43. The van der Waals surface area contributed by atoms with Crippen LogP contribution in [-0.4, -0.2) is 37.2 Å². The minimum Gasteiger partial charge on any atom is -0.378 e. The fourth-order valence-corrected chi connectivity index (χ4v) is 3.26. The molecular formula is C14H23NO3. The summed E-state index contributed by atoms with van der Waals surface area (Å²) < 4.78 is 11.3. The van der Waals surface area contributed by atoms with E-state index in [0.717, 1.165) is 25.9 Å². The van der Waals surface area contributed by atoms with Crippen molar-refractivity contribution in [3.8, 4) is 0 Å². The first kappa shape index (κ1) is 12.6. The maximum Gasteiger partial charge on any atom is 0.137 e. The second-order valence-electron chi connectivity index (χ2n) is 6.20. The molecule has 1 aliphatic carbocycles. The summed E-state index contributed by atoms with van der Waals surface area (Å²) in [7, 11) is 0. The van der Waals surface area contributed by atoms with Gasteiger partial charge in [0, 0.05) is 38.0 Å². The SMILES string of the molecule is NC(CC(=O)C1CCOC2(CCOC2)C1)C1CC1. The zero-order valence-electron chi connectivity index (χ0n) is 10.9. The normalized spacial score (nSPS) is 37.9. The zero-order chi connectivity index (χ0) is 12.6. The molecular weight excluding hydrogens is 230 g/mol. The van der Waals surface area contributed by atoms with Crippen LogP contribution in [-0.2, 0) is 14.3 Å². The highest BCUT2D eigenvalue weighted by Crippen LogP contribution is 2.38. The van der Waals surface area contributed by atoms with Gasteiger partial charge < -0.3 is 15.2 Å². The second kappa shape index (κ2) is 4.91. The first-order valence-electron chi connectivity index (χ1n) is 7.19. The Labute approximate surface area is 108 Å². The lowest BCUT2D eigenvalue weighted by Crippen LogP contribution is -2.43. The van der Waals surface area contributed by atoms with Gasteiger partial charge in [0.05, 0.1) is 12.2 Å². The maximum absolute atomic E-state index is 12.3. The van der Waals surface area contributed by atoms with Crippen molar-refractivity contribution in [3.63, 3.8) is 0 Å². The van der Waals surface area contributed by atoms with Gasteiger partial charge in [-0.2, -0.15) is 0 Å². The first-order chi connectivity index (χ1) is 8.69. The Morgan fingerprint density at radius 1 is 1.33 bits per heavy atom. The smallest absolute Gasteiger partial charge is 0.137 e. The standard InChI is InChI=1S/C14H23NO3/c15-12(10-1-2-10)7-13(16)11-3-5-18-14(8-11)4-6-17-9-14/h10-12H,1-9,15H2. The van der Waals surface area contributed by atoms with E-state index in [1.54, 1.807) is 0 Å². The van der Waals surface area contributed by atoms with Gasteiger partial charge in [-0.3, -0.25) is 4.79 Å². The van der Waals surface area contributed by atoms with Crippen molar-refractivity contribution in [1.82, 2.24) is 0 Å². The third-order valence-electron chi connectivity index (χ3n) is 4.68. The highest BCUT2D eigenvalue weighted by Gasteiger charge is 2.43. The van der Waals surface area contributed by atoms with Crippen LogP contribution in [0.25, 0.3) is 0 Å². The summed E-state index contributed by atoms with van der Waals surface area (Å²) in [4.78, 5) is 12.3. The molecule has 3 aliphatic rings. The number of ketones is 1. The van der Waals surface area contributed by atoms with Gasteiger partial charge in [0.15, 0.2) is 0 Å². The molecule has 2 aliphatic heterocycles. The molecule has 4 nitrogen and oxygen atoms in total. The van der Waals surface area contributed by atoms with E-state index >= 15 is 0 Å². The molecule has 0 amide bonds. The quantitative estimate of drug-likeness (QED) is 0.819. The molecule has 0 aromatic carbocycles. The van der Waals surface area contributed by atoms with Gasteiger partial charge in [0.25, 0.3) is 0 Å². The van der Waals surface area contributed by atoms with Crippen molar-refractivity contribution in [2.75, 3.05) is 19.8 Å². The summed E-state index contributed by atoms with van der Waals surface area (Å²) >= 11 is 0. The second-order valence-corrected chi connectivity index (χ2v) is 6.20. The fraction of sp³-hybridized carbons (Fsp3) is 0.929. The van der Waals surface area contributed by atoms with Gasteiger partial charge in [-0.15, -0.1) is 0 Å². The van der Waals surface area contributed by atoms with Crippen LogP contribution in [0.15, 0.2) is 0 Å². The third-order valence-corrected chi connectivity index (χ3v) is 4.68.